The Balaban J connectivity index is 2.37. The third-order valence-corrected chi connectivity index (χ3v) is 2.80. The number of carbonyl (C=O) groups is 1. The fraction of sp³-hybridized carbons (Fsp3) is 0.600. The van der Waals surface area contributed by atoms with E-state index in [1.165, 1.54) is 11.3 Å². The second-order valence-electron chi connectivity index (χ2n) is 3.60. The number of hydrogen-bond donors (Lipinski definition) is 3. The van der Waals surface area contributed by atoms with Crippen LogP contribution in [0.15, 0.2) is 5.38 Å². The average Bonchev–Trinajstić information content (AvgIpc) is 2.66. The van der Waals surface area contributed by atoms with Gasteiger partial charge in [0.1, 0.15) is 0 Å². The normalized spacial score (nSPS) is 12.2. The van der Waals surface area contributed by atoms with E-state index in [9.17, 15) is 4.79 Å². The number of carbonyl (C=O) groups excluding carboxylic acids is 1. The minimum Gasteiger partial charge on any atom is -0.338 e. The molecule has 0 bridgehead atoms. The van der Waals surface area contributed by atoms with Crippen LogP contribution in [0, 0.1) is 0 Å². The molecule has 2 amide bonds. The van der Waals surface area contributed by atoms with Crippen LogP contribution in [-0.2, 0) is 0 Å². The molecular weight excluding hydrogens is 224 g/mol. The summed E-state index contributed by atoms with van der Waals surface area (Å²) in [7, 11) is 0. The first-order valence-electron chi connectivity index (χ1n) is 5.39. The molecule has 1 aromatic rings. The van der Waals surface area contributed by atoms with E-state index in [0.29, 0.717) is 11.7 Å². The minimum atomic E-state index is -0.209. The van der Waals surface area contributed by atoms with Gasteiger partial charge in [-0.15, -0.1) is 11.3 Å². The second-order valence-corrected chi connectivity index (χ2v) is 4.46. The summed E-state index contributed by atoms with van der Waals surface area (Å²) in [4.78, 5) is 15.6. The number of nitrogens with one attached hydrogen (secondary N) is 2. The largest absolute Gasteiger partial charge is 0.338 e. The predicted octanol–water partition coefficient (Wildman–Crippen LogP) is 2.08. The molecule has 0 radical (unpaired) electrons. The molecule has 0 saturated heterocycles. The van der Waals surface area contributed by atoms with E-state index in [2.05, 4.69) is 22.5 Å². The van der Waals surface area contributed by atoms with Crippen molar-refractivity contribution in [3.8, 4) is 0 Å². The first-order chi connectivity index (χ1) is 7.63. The summed E-state index contributed by atoms with van der Waals surface area (Å²) in [5.74, 6) is 0. The van der Waals surface area contributed by atoms with Crippen LogP contribution in [0.2, 0.25) is 0 Å². The van der Waals surface area contributed by atoms with Gasteiger partial charge < -0.3 is 11.1 Å². The Morgan fingerprint density at radius 1 is 1.69 bits per heavy atom. The molecule has 90 valence electrons. The Kier molecular flexibility index (Phi) is 5.21. The zero-order valence-electron chi connectivity index (χ0n) is 9.62. The monoisotopic (exact) mass is 242 g/mol. The Labute approximate surface area is 99.4 Å². The molecule has 0 aliphatic carbocycles. The van der Waals surface area contributed by atoms with Crippen molar-refractivity contribution >= 4 is 22.5 Å². The number of rotatable bonds is 5. The zero-order valence-corrected chi connectivity index (χ0v) is 10.4. The quantitative estimate of drug-likeness (QED) is 0.692. The van der Waals surface area contributed by atoms with Crippen molar-refractivity contribution in [3.05, 3.63) is 11.1 Å². The topological polar surface area (TPSA) is 80.0 Å². The maximum atomic E-state index is 11.4. The highest BCUT2D eigenvalue weighted by atomic mass is 32.1. The maximum Gasteiger partial charge on any atom is 0.321 e. The van der Waals surface area contributed by atoms with Gasteiger partial charge >= 0.3 is 6.03 Å². The summed E-state index contributed by atoms with van der Waals surface area (Å²) >= 11 is 1.38. The van der Waals surface area contributed by atoms with E-state index in [0.717, 1.165) is 18.5 Å². The van der Waals surface area contributed by atoms with E-state index in [1.807, 2.05) is 12.3 Å². The van der Waals surface area contributed by atoms with Crippen molar-refractivity contribution in [1.82, 2.24) is 10.3 Å². The van der Waals surface area contributed by atoms with Crippen LogP contribution in [-0.4, -0.2) is 17.6 Å². The van der Waals surface area contributed by atoms with E-state index in [-0.39, 0.29) is 12.1 Å². The van der Waals surface area contributed by atoms with Gasteiger partial charge in [0.05, 0.1) is 5.69 Å². The molecule has 1 heterocycles. The Morgan fingerprint density at radius 3 is 3.00 bits per heavy atom. The summed E-state index contributed by atoms with van der Waals surface area (Å²) in [5.41, 5.74) is 6.47. The van der Waals surface area contributed by atoms with Gasteiger partial charge in [0.2, 0.25) is 0 Å². The van der Waals surface area contributed by atoms with Gasteiger partial charge in [-0.3, -0.25) is 5.32 Å². The lowest BCUT2D eigenvalue weighted by atomic mass is 10.3. The zero-order chi connectivity index (χ0) is 12.0. The number of hydrogen-bond acceptors (Lipinski definition) is 4. The van der Waals surface area contributed by atoms with Crippen molar-refractivity contribution < 1.29 is 4.79 Å². The highest BCUT2D eigenvalue weighted by Crippen LogP contribution is 2.18. The maximum absolute atomic E-state index is 11.4. The summed E-state index contributed by atoms with van der Waals surface area (Å²) < 4.78 is 0. The smallest absolute Gasteiger partial charge is 0.321 e. The number of nitrogens with two attached hydrogens (primary N) is 1. The van der Waals surface area contributed by atoms with Crippen LogP contribution in [0.25, 0.3) is 0 Å². The molecule has 0 aliphatic rings. The Hall–Kier alpha value is -1.14. The summed E-state index contributed by atoms with van der Waals surface area (Å²) in [6.07, 6.45) is 2.04. The molecule has 16 heavy (non-hydrogen) atoms. The number of anilines is 1. The Bertz CT molecular complexity index is 337. The summed E-state index contributed by atoms with van der Waals surface area (Å²) in [6.45, 7) is 4.63. The van der Waals surface area contributed by atoms with E-state index in [1.54, 1.807) is 0 Å². The number of unbranched alkanes of at least 4 members (excludes halogenated alkanes) is 1. The molecule has 1 aromatic heterocycles. The molecule has 0 aliphatic heterocycles. The Morgan fingerprint density at radius 2 is 2.44 bits per heavy atom. The van der Waals surface area contributed by atoms with E-state index >= 15 is 0 Å². The third-order valence-electron chi connectivity index (χ3n) is 2.02. The minimum absolute atomic E-state index is 0.102. The first-order valence-corrected chi connectivity index (χ1v) is 6.27. The van der Waals surface area contributed by atoms with Gasteiger partial charge in [-0.05, 0) is 13.3 Å². The highest BCUT2D eigenvalue weighted by molar-refractivity contribution is 7.13. The van der Waals surface area contributed by atoms with Gasteiger partial charge in [0, 0.05) is 18.0 Å². The highest BCUT2D eigenvalue weighted by Gasteiger charge is 2.07. The number of amides is 2. The molecule has 0 spiro atoms. The summed E-state index contributed by atoms with van der Waals surface area (Å²) in [5, 5.41) is 7.87. The first kappa shape index (κ1) is 12.9. The van der Waals surface area contributed by atoms with Gasteiger partial charge in [-0.25, -0.2) is 9.78 Å². The van der Waals surface area contributed by atoms with Crippen LogP contribution < -0.4 is 16.4 Å². The molecule has 1 rings (SSSR count). The van der Waals surface area contributed by atoms with Gasteiger partial charge in [-0.2, -0.15) is 0 Å². The number of thiazole rings is 1. The van der Waals surface area contributed by atoms with Crippen molar-refractivity contribution in [2.75, 3.05) is 11.9 Å². The van der Waals surface area contributed by atoms with Crippen LogP contribution in [0.1, 0.15) is 38.4 Å². The molecule has 5 nitrogen and oxygen atoms in total. The molecule has 1 atom stereocenters. The van der Waals surface area contributed by atoms with Crippen LogP contribution >= 0.6 is 11.3 Å². The van der Waals surface area contributed by atoms with Crippen LogP contribution in [0.5, 0.6) is 0 Å². The average molecular weight is 242 g/mol. The number of aromatic nitrogens is 1. The van der Waals surface area contributed by atoms with Gasteiger partial charge in [-0.1, -0.05) is 13.3 Å². The summed E-state index contributed by atoms with van der Waals surface area (Å²) in [6, 6.07) is -0.311. The second kappa shape index (κ2) is 6.44. The van der Waals surface area contributed by atoms with Crippen LogP contribution in [0.3, 0.4) is 0 Å². The van der Waals surface area contributed by atoms with Crippen molar-refractivity contribution in [1.29, 1.82) is 0 Å². The van der Waals surface area contributed by atoms with Gasteiger partial charge in [0.25, 0.3) is 0 Å². The predicted molar refractivity (Wildman–Crippen MR) is 66.6 cm³/mol. The number of urea groups is 1. The lowest BCUT2D eigenvalue weighted by Crippen LogP contribution is -2.29. The van der Waals surface area contributed by atoms with Crippen molar-refractivity contribution in [3.63, 3.8) is 0 Å². The molecular formula is C10H18N4OS. The molecule has 1 unspecified atom stereocenters. The molecule has 0 fully saturated rings. The van der Waals surface area contributed by atoms with E-state index in [4.69, 9.17) is 5.73 Å². The molecule has 0 saturated carbocycles. The fourth-order valence-electron chi connectivity index (χ4n) is 1.07. The standard InChI is InChI=1S/C10H18N4OS/c1-3-4-5-12-9(15)14-10-13-8(6-16-10)7(2)11/h6-7H,3-5,11H2,1-2H3,(H2,12,13,14,15). The van der Waals surface area contributed by atoms with Crippen molar-refractivity contribution in [2.45, 2.75) is 32.7 Å². The lowest BCUT2D eigenvalue weighted by molar-refractivity contribution is 0.252. The molecule has 0 aromatic carbocycles. The lowest BCUT2D eigenvalue weighted by Gasteiger charge is -2.04. The van der Waals surface area contributed by atoms with Crippen LogP contribution in [0.4, 0.5) is 9.93 Å². The number of nitrogens with zero attached hydrogens (tertiary/aromatic N) is 1. The van der Waals surface area contributed by atoms with E-state index < -0.39 is 0 Å². The SMILES string of the molecule is CCCCNC(=O)Nc1nc(C(C)N)cs1. The van der Waals surface area contributed by atoms with Crippen molar-refractivity contribution in [2.24, 2.45) is 5.73 Å². The molecule has 4 N–H and O–H groups in total. The van der Waals surface area contributed by atoms with Gasteiger partial charge in [0.15, 0.2) is 5.13 Å². The molecule has 6 heteroatoms. The fourth-order valence-corrected chi connectivity index (χ4v) is 1.88. The third kappa shape index (κ3) is 4.16.